The van der Waals surface area contributed by atoms with Gasteiger partial charge in [0.05, 0.1) is 13.7 Å². The summed E-state index contributed by atoms with van der Waals surface area (Å²) in [6.07, 6.45) is 1.96. The van der Waals surface area contributed by atoms with Crippen molar-refractivity contribution >= 4 is 23.5 Å². The van der Waals surface area contributed by atoms with Crippen LogP contribution in [0.3, 0.4) is 0 Å². The molecule has 1 aliphatic carbocycles. The fraction of sp³-hybridized carbons (Fsp3) is 0.467. The first kappa shape index (κ1) is 16.6. The predicted molar refractivity (Wildman–Crippen MR) is 84.0 cm³/mol. The van der Waals surface area contributed by atoms with Crippen LogP contribution in [0.25, 0.3) is 0 Å². The second-order valence-electron chi connectivity index (χ2n) is 5.42. The quantitative estimate of drug-likeness (QED) is 0.836. The van der Waals surface area contributed by atoms with Gasteiger partial charge in [0.2, 0.25) is 5.91 Å². The average Bonchev–Trinajstić information content (AvgIpc) is 3.22. The molecule has 0 aliphatic heterocycles. The lowest BCUT2D eigenvalue weighted by molar-refractivity contribution is -0.120. The lowest BCUT2D eigenvalue weighted by Crippen LogP contribution is -2.44. The van der Waals surface area contributed by atoms with Gasteiger partial charge in [0.1, 0.15) is 5.75 Å². The molecule has 0 atom stereocenters. The summed E-state index contributed by atoms with van der Waals surface area (Å²) in [5.41, 5.74) is 0.882. The van der Waals surface area contributed by atoms with E-state index in [9.17, 15) is 9.59 Å². The summed E-state index contributed by atoms with van der Waals surface area (Å²) in [5.74, 6) is 0.366. The Kier molecular flexibility index (Phi) is 5.63. The molecule has 2 rings (SSSR count). The Morgan fingerprint density at radius 2 is 2.14 bits per heavy atom. The first-order chi connectivity index (χ1) is 10.5. The summed E-state index contributed by atoms with van der Waals surface area (Å²) in [4.78, 5) is 25.1. The largest absolute Gasteiger partial charge is 0.496 e. The van der Waals surface area contributed by atoms with E-state index in [1.165, 1.54) is 0 Å². The van der Waals surface area contributed by atoms with Gasteiger partial charge in [-0.15, -0.1) is 0 Å². The molecule has 0 bridgehead atoms. The van der Waals surface area contributed by atoms with Crippen LogP contribution in [0.4, 0.5) is 4.79 Å². The molecule has 120 valence electrons. The van der Waals surface area contributed by atoms with Crippen LogP contribution in [0.15, 0.2) is 18.2 Å². The highest BCUT2D eigenvalue weighted by Crippen LogP contribution is 2.23. The third kappa shape index (κ3) is 5.20. The van der Waals surface area contributed by atoms with E-state index in [0.29, 0.717) is 17.3 Å². The number of benzene rings is 1. The van der Waals surface area contributed by atoms with Crippen LogP contribution in [-0.2, 0) is 11.3 Å². The minimum absolute atomic E-state index is 0.105. The molecule has 0 heterocycles. The van der Waals surface area contributed by atoms with Crippen molar-refractivity contribution in [3.05, 3.63) is 28.8 Å². The molecule has 22 heavy (non-hydrogen) atoms. The van der Waals surface area contributed by atoms with Gasteiger partial charge in [0, 0.05) is 23.2 Å². The number of likely N-dealkylation sites (N-methyl/N-ethyl adjacent to an activating group) is 1. The second-order valence-corrected chi connectivity index (χ2v) is 5.86. The molecule has 0 radical (unpaired) electrons. The summed E-state index contributed by atoms with van der Waals surface area (Å²) in [7, 11) is 3.38. The van der Waals surface area contributed by atoms with E-state index in [4.69, 9.17) is 16.3 Å². The number of hydrogen-bond acceptors (Lipinski definition) is 4. The van der Waals surface area contributed by atoms with E-state index in [-0.39, 0.29) is 18.5 Å². The number of methoxy groups -OCH3 is 1. The van der Waals surface area contributed by atoms with Gasteiger partial charge < -0.3 is 10.1 Å². The fourth-order valence-electron chi connectivity index (χ4n) is 2.08. The molecule has 0 spiro atoms. The van der Waals surface area contributed by atoms with Crippen LogP contribution in [-0.4, -0.2) is 43.6 Å². The Balaban J connectivity index is 1.83. The van der Waals surface area contributed by atoms with E-state index in [0.717, 1.165) is 18.4 Å². The molecule has 3 amide bonds. The molecule has 1 aromatic rings. The number of urea groups is 1. The van der Waals surface area contributed by atoms with Gasteiger partial charge in [-0.3, -0.25) is 15.0 Å². The van der Waals surface area contributed by atoms with Crippen molar-refractivity contribution < 1.29 is 14.3 Å². The van der Waals surface area contributed by atoms with E-state index in [1.807, 2.05) is 0 Å². The summed E-state index contributed by atoms with van der Waals surface area (Å²) in [6.45, 7) is 0.592. The topological polar surface area (TPSA) is 70.7 Å². The number of halogens is 1. The third-order valence-corrected chi connectivity index (χ3v) is 3.50. The van der Waals surface area contributed by atoms with Crippen molar-refractivity contribution in [2.75, 3.05) is 20.7 Å². The number of hydrogen-bond donors (Lipinski definition) is 2. The molecule has 6 nitrogen and oxygen atoms in total. The fourth-order valence-corrected chi connectivity index (χ4v) is 2.27. The predicted octanol–water partition coefficient (Wildman–Crippen LogP) is 1.77. The van der Waals surface area contributed by atoms with E-state index < -0.39 is 6.03 Å². The Morgan fingerprint density at radius 1 is 1.41 bits per heavy atom. The van der Waals surface area contributed by atoms with Gasteiger partial charge >= 0.3 is 6.03 Å². The maximum Gasteiger partial charge on any atom is 0.321 e. The van der Waals surface area contributed by atoms with Crippen LogP contribution >= 0.6 is 11.6 Å². The lowest BCUT2D eigenvalue weighted by atomic mass is 10.2. The summed E-state index contributed by atoms with van der Waals surface area (Å²) >= 11 is 5.98. The van der Waals surface area contributed by atoms with Gasteiger partial charge in [-0.05, 0) is 38.1 Å². The molecule has 1 saturated carbocycles. The van der Waals surface area contributed by atoms with Crippen molar-refractivity contribution in [1.82, 2.24) is 15.5 Å². The van der Waals surface area contributed by atoms with Crippen LogP contribution in [0.2, 0.25) is 5.02 Å². The first-order valence-electron chi connectivity index (χ1n) is 7.09. The number of carbonyl (C=O) groups is 2. The Morgan fingerprint density at radius 3 is 2.77 bits per heavy atom. The van der Waals surface area contributed by atoms with E-state index in [1.54, 1.807) is 37.3 Å². The molecule has 2 N–H and O–H groups in total. The normalized spacial score (nSPS) is 13.8. The molecule has 1 fully saturated rings. The second kappa shape index (κ2) is 7.47. The molecule has 0 saturated heterocycles. The standard InChI is InChI=1S/C15H20ClN3O3/c1-19(8-10-7-11(16)3-6-13(10)22-2)9-14(20)18-15(21)17-12-4-5-12/h3,6-7,12H,4-5,8-9H2,1-2H3,(H2,17,18,20,21). The molecule has 1 aromatic carbocycles. The number of carbonyl (C=O) groups excluding carboxylic acids is 2. The third-order valence-electron chi connectivity index (χ3n) is 3.26. The number of rotatable bonds is 6. The summed E-state index contributed by atoms with van der Waals surface area (Å²) < 4.78 is 5.27. The maximum atomic E-state index is 11.8. The van der Waals surface area contributed by atoms with Gasteiger partial charge in [-0.1, -0.05) is 11.6 Å². The smallest absolute Gasteiger partial charge is 0.321 e. The van der Waals surface area contributed by atoms with Crippen LogP contribution in [0.1, 0.15) is 18.4 Å². The number of nitrogens with one attached hydrogen (secondary N) is 2. The van der Waals surface area contributed by atoms with Crippen molar-refractivity contribution in [1.29, 1.82) is 0 Å². The van der Waals surface area contributed by atoms with Gasteiger partial charge in [0.15, 0.2) is 0 Å². The highest BCUT2D eigenvalue weighted by Gasteiger charge is 2.24. The SMILES string of the molecule is COc1ccc(Cl)cc1CN(C)CC(=O)NC(=O)NC1CC1. The highest BCUT2D eigenvalue weighted by atomic mass is 35.5. The van der Waals surface area contributed by atoms with Gasteiger partial charge in [-0.25, -0.2) is 4.79 Å². The lowest BCUT2D eigenvalue weighted by Gasteiger charge is -2.18. The first-order valence-corrected chi connectivity index (χ1v) is 7.47. The van der Waals surface area contributed by atoms with Crippen LogP contribution in [0, 0.1) is 0 Å². The zero-order chi connectivity index (χ0) is 16.1. The molecule has 1 aliphatic rings. The van der Waals surface area contributed by atoms with Crippen LogP contribution < -0.4 is 15.4 Å². The summed E-state index contributed by atoms with van der Waals surface area (Å²) in [5, 5.41) is 5.64. The van der Waals surface area contributed by atoms with Gasteiger partial charge in [0.25, 0.3) is 0 Å². The van der Waals surface area contributed by atoms with E-state index in [2.05, 4.69) is 10.6 Å². The van der Waals surface area contributed by atoms with Crippen molar-refractivity contribution in [3.63, 3.8) is 0 Å². The minimum atomic E-state index is -0.429. The number of ether oxygens (including phenoxy) is 1. The Labute approximate surface area is 134 Å². The maximum absolute atomic E-state index is 11.8. The zero-order valence-electron chi connectivity index (χ0n) is 12.7. The molecule has 7 heteroatoms. The number of amides is 3. The molecular formula is C15H20ClN3O3. The van der Waals surface area contributed by atoms with Crippen molar-refractivity contribution in [2.24, 2.45) is 0 Å². The number of nitrogens with zero attached hydrogens (tertiary/aromatic N) is 1. The minimum Gasteiger partial charge on any atom is -0.496 e. The molecular weight excluding hydrogens is 306 g/mol. The Bertz CT molecular complexity index is 561. The average molecular weight is 326 g/mol. The molecule has 0 aromatic heterocycles. The van der Waals surface area contributed by atoms with Gasteiger partial charge in [-0.2, -0.15) is 0 Å². The number of imide groups is 1. The highest BCUT2D eigenvalue weighted by molar-refractivity contribution is 6.30. The van der Waals surface area contributed by atoms with E-state index >= 15 is 0 Å². The van der Waals surface area contributed by atoms with Crippen LogP contribution in [0.5, 0.6) is 5.75 Å². The Hall–Kier alpha value is -1.79. The summed E-state index contributed by atoms with van der Waals surface area (Å²) in [6, 6.07) is 5.13. The molecule has 0 unspecified atom stereocenters. The van der Waals surface area contributed by atoms with Crippen molar-refractivity contribution in [3.8, 4) is 5.75 Å². The monoisotopic (exact) mass is 325 g/mol. The van der Waals surface area contributed by atoms with Crippen molar-refractivity contribution in [2.45, 2.75) is 25.4 Å². The zero-order valence-corrected chi connectivity index (χ0v) is 13.4.